The molecule has 4 atom stereocenters. The van der Waals surface area contributed by atoms with Gasteiger partial charge in [-0.15, -0.1) is 0 Å². The fourth-order valence-corrected chi connectivity index (χ4v) is 14.3. The van der Waals surface area contributed by atoms with Crippen LogP contribution < -0.4 is 5.32 Å². The van der Waals surface area contributed by atoms with E-state index in [0.29, 0.717) is 66.1 Å². The Morgan fingerprint density at radius 2 is 0.805 bits per heavy atom. The number of alkyl halides is 2. The lowest BCUT2D eigenvalue weighted by Crippen LogP contribution is -2.61. The van der Waals surface area contributed by atoms with E-state index in [1.54, 1.807) is 0 Å². The van der Waals surface area contributed by atoms with Gasteiger partial charge in [-0.3, -0.25) is 38.7 Å². The number of piperidine rings is 6. The van der Waals surface area contributed by atoms with Crippen molar-refractivity contribution in [2.24, 2.45) is 0 Å². The molecule has 12 rings (SSSR count). The third kappa shape index (κ3) is 18.2. The summed E-state index contributed by atoms with van der Waals surface area (Å²) in [5, 5.41) is 3.33. The van der Waals surface area contributed by atoms with Crippen molar-refractivity contribution in [1.29, 1.82) is 0 Å². The number of nitrogens with zero attached hydrogens (tertiary/aromatic N) is 11. The summed E-state index contributed by atoms with van der Waals surface area (Å²) in [6, 6.07) is 4.43. The molecule has 12 fully saturated rings. The number of amides is 3. The molecule has 0 aromatic rings. The van der Waals surface area contributed by atoms with E-state index in [4.69, 9.17) is 9.47 Å². The van der Waals surface area contributed by atoms with Gasteiger partial charge in [-0.25, -0.2) is 8.78 Å². The molecular weight excluding hydrogens is 1050 g/mol. The molecule has 0 radical (unpaired) electrons. The normalized spacial score (nSPS) is 30.0. The molecule has 19 nitrogen and oxygen atoms in total. The Morgan fingerprint density at radius 3 is 1.09 bits per heavy atom. The van der Waals surface area contributed by atoms with Crippen LogP contribution in [0.4, 0.5) is 8.78 Å². The first kappa shape index (κ1) is 66.4. The number of halogens is 2. The standard InChI is InChI=1S/2C11H20N2O2.C11H20N2O.C10H18N2O.C9H16F2N2.C9H16N2O/c2*1-12-6-3-9(4-7-12)13-8-5-10(13)11(14)15-2;1-3-9-8-11(14)13(9)10-4-6-12(2)7-5-10;1-2-8-7-10(13)12(8)9-3-5-11-6-4-9;1-12-4-2-8(3-5-12)13-6-9(10,11)7-13;1-10-5-2-8(3-6-10)11-7-4-9(11)12/h2*9-10H,3-8H2,1-2H3;9-10H,3-8H2,1-2H3;8-9,11H,2-7H2,1H3;8H,2-7H2,1H3;8H,2-7H2,1H3/t10-;;;8-;;/m1..0../s1. The predicted molar refractivity (Wildman–Crippen MR) is 317 cm³/mol. The van der Waals surface area contributed by atoms with Gasteiger partial charge >= 0.3 is 11.9 Å². The van der Waals surface area contributed by atoms with E-state index in [1.807, 2.05) is 9.80 Å². The lowest BCUT2D eigenvalue weighted by Gasteiger charge is -2.47. The highest BCUT2D eigenvalue weighted by atomic mass is 19.3. The first-order valence-corrected chi connectivity index (χ1v) is 32.2. The topological polar surface area (TPSA) is 151 Å². The summed E-state index contributed by atoms with van der Waals surface area (Å²) in [4.78, 5) is 81.4. The van der Waals surface area contributed by atoms with Crippen molar-refractivity contribution in [3.8, 4) is 0 Å². The number of carbonyl (C=O) groups is 5. The molecule has 12 aliphatic heterocycles. The van der Waals surface area contributed by atoms with Crippen LogP contribution in [0.25, 0.3) is 0 Å². The van der Waals surface area contributed by atoms with Crippen LogP contribution in [0.15, 0.2) is 0 Å². The van der Waals surface area contributed by atoms with Gasteiger partial charge in [0, 0.05) is 87.2 Å². The van der Waals surface area contributed by atoms with Gasteiger partial charge in [0.15, 0.2) is 0 Å². The quantitative estimate of drug-likeness (QED) is 0.249. The molecule has 470 valence electrons. The van der Waals surface area contributed by atoms with E-state index in [1.165, 1.54) is 65.6 Å². The van der Waals surface area contributed by atoms with E-state index in [9.17, 15) is 32.8 Å². The van der Waals surface area contributed by atoms with Gasteiger partial charge in [0.05, 0.1) is 27.3 Å². The molecule has 0 aliphatic carbocycles. The molecule has 0 saturated carbocycles. The summed E-state index contributed by atoms with van der Waals surface area (Å²) in [6.45, 7) is 20.9. The molecule has 12 saturated heterocycles. The minimum atomic E-state index is -2.40. The van der Waals surface area contributed by atoms with Crippen molar-refractivity contribution in [1.82, 2.24) is 59.2 Å². The second-order valence-corrected chi connectivity index (χ2v) is 26.0. The Balaban J connectivity index is 0.000000142. The average Bonchev–Trinajstić information content (AvgIpc) is 3.60. The number of hydrogen-bond acceptors (Lipinski definition) is 16. The molecule has 1 N–H and O–H groups in total. The highest BCUT2D eigenvalue weighted by molar-refractivity contribution is 5.84. The third-order valence-corrected chi connectivity index (χ3v) is 20.4. The molecule has 2 unspecified atom stereocenters. The highest BCUT2D eigenvalue weighted by Gasteiger charge is 2.47. The maximum Gasteiger partial charge on any atom is 0.323 e. The minimum Gasteiger partial charge on any atom is -0.468 e. The van der Waals surface area contributed by atoms with Crippen LogP contribution in [-0.2, 0) is 33.4 Å². The van der Waals surface area contributed by atoms with E-state index < -0.39 is 5.92 Å². The molecule has 21 heteroatoms. The molecule has 82 heavy (non-hydrogen) atoms. The van der Waals surface area contributed by atoms with Gasteiger partial charge in [0.2, 0.25) is 17.7 Å². The SMILES string of the molecule is CCC1CC(=O)N1C1CCN(C)CC1.CC[C@H]1CC(=O)N1C1CCNCC1.CN1CCC(N2CC(F)(F)C2)CC1.CN1CCC(N2CCC2=O)CC1.COC(=O)C1CCN1C1CCN(C)CC1.COC(=O)[C@H]1CCN1C1CCN(C)CC1. The maximum atomic E-state index is 12.6. The summed E-state index contributed by atoms with van der Waals surface area (Å²) in [6.07, 6.45) is 20.3. The maximum absolute atomic E-state index is 12.6. The molecule has 3 amide bonds. The zero-order chi connectivity index (χ0) is 59.1. The summed E-state index contributed by atoms with van der Waals surface area (Å²) in [5.74, 6) is -1.39. The number of likely N-dealkylation sites (tertiary alicyclic amines) is 11. The van der Waals surface area contributed by atoms with Gasteiger partial charge in [-0.2, -0.15) is 0 Å². The molecular formula is C61H110F2N12O7. The van der Waals surface area contributed by atoms with Crippen LogP contribution in [0.3, 0.4) is 0 Å². The summed E-state index contributed by atoms with van der Waals surface area (Å²) < 4.78 is 34.7. The van der Waals surface area contributed by atoms with Crippen LogP contribution in [0, 0.1) is 0 Å². The van der Waals surface area contributed by atoms with Crippen LogP contribution in [0.5, 0.6) is 0 Å². The molecule has 0 bridgehead atoms. The van der Waals surface area contributed by atoms with E-state index in [-0.39, 0.29) is 37.1 Å². The Bertz CT molecular complexity index is 1930. The number of hydrogen-bond donors (Lipinski definition) is 1. The van der Waals surface area contributed by atoms with Crippen LogP contribution >= 0.6 is 0 Å². The van der Waals surface area contributed by atoms with Gasteiger partial charge in [0.1, 0.15) is 12.1 Å². The first-order valence-electron chi connectivity index (χ1n) is 32.2. The molecule has 0 aromatic carbocycles. The monoisotopic (exact) mass is 1160 g/mol. The number of ether oxygens (including phenoxy) is 2. The third-order valence-electron chi connectivity index (χ3n) is 20.4. The van der Waals surface area contributed by atoms with Crippen LogP contribution in [-0.4, -0.2) is 311 Å². The average molecular weight is 1160 g/mol. The number of methoxy groups -OCH3 is 2. The zero-order valence-electron chi connectivity index (χ0n) is 52.3. The lowest BCUT2D eigenvalue weighted by atomic mass is 9.92. The van der Waals surface area contributed by atoms with Crippen molar-refractivity contribution in [2.75, 3.05) is 161 Å². The Kier molecular flexibility index (Phi) is 25.9. The Morgan fingerprint density at radius 1 is 0.463 bits per heavy atom. The second-order valence-electron chi connectivity index (χ2n) is 26.0. The number of carbonyl (C=O) groups excluding carboxylic acids is 5. The first-order chi connectivity index (χ1) is 39.3. The number of esters is 2. The number of β-lactam (4-membered cyclic amide) rings is 3. The zero-order valence-corrected chi connectivity index (χ0v) is 52.3. The Hall–Kier alpha value is -3.15. The van der Waals surface area contributed by atoms with Gasteiger partial charge in [-0.1, -0.05) is 13.8 Å². The van der Waals surface area contributed by atoms with E-state index in [2.05, 4.69) is 98.5 Å². The summed E-state index contributed by atoms with van der Waals surface area (Å²) >= 11 is 0. The smallest absolute Gasteiger partial charge is 0.323 e. The highest BCUT2D eigenvalue weighted by Crippen LogP contribution is 2.34. The van der Waals surface area contributed by atoms with Crippen molar-refractivity contribution in [2.45, 2.75) is 202 Å². The minimum absolute atomic E-state index is 0.0125. The molecule has 12 aliphatic rings. The van der Waals surface area contributed by atoms with E-state index in [0.717, 1.165) is 169 Å². The largest absolute Gasteiger partial charge is 0.468 e. The molecule has 0 spiro atoms. The summed E-state index contributed by atoms with van der Waals surface area (Å²) in [5.41, 5.74) is 0. The molecule has 12 heterocycles. The number of nitrogens with one attached hydrogen (secondary N) is 1. The summed E-state index contributed by atoms with van der Waals surface area (Å²) in [7, 11) is 13.7. The predicted octanol–water partition coefficient (Wildman–Crippen LogP) is 3.84. The fraction of sp³-hybridized carbons (Fsp3) is 0.918. The Labute approximate surface area is 492 Å². The molecule has 0 aromatic heterocycles. The van der Waals surface area contributed by atoms with Crippen molar-refractivity contribution in [3.05, 3.63) is 0 Å². The van der Waals surface area contributed by atoms with Gasteiger partial charge in [-0.05, 0) is 217 Å². The van der Waals surface area contributed by atoms with E-state index >= 15 is 0 Å². The van der Waals surface area contributed by atoms with Crippen molar-refractivity contribution < 1.29 is 42.2 Å². The second kappa shape index (κ2) is 32.0. The lowest BCUT2D eigenvalue weighted by molar-refractivity contribution is -0.155. The van der Waals surface area contributed by atoms with Crippen LogP contribution in [0.1, 0.15) is 136 Å². The van der Waals surface area contributed by atoms with Crippen molar-refractivity contribution in [3.63, 3.8) is 0 Å². The van der Waals surface area contributed by atoms with Crippen LogP contribution in [0.2, 0.25) is 0 Å². The van der Waals surface area contributed by atoms with Gasteiger partial charge < -0.3 is 54.0 Å². The fourth-order valence-electron chi connectivity index (χ4n) is 14.3. The number of rotatable bonds is 10. The van der Waals surface area contributed by atoms with Gasteiger partial charge in [0.25, 0.3) is 5.92 Å². The van der Waals surface area contributed by atoms with Crippen molar-refractivity contribution >= 4 is 29.7 Å².